The molecule has 1 N–H and O–H groups in total. The van der Waals surface area contributed by atoms with Crippen molar-refractivity contribution in [3.63, 3.8) is 0 Å². The van der Waals surface area contributed by atoms with Crippen molar-refractivity contribution in [2.75, 3.05) is 0 Å². The van der Waals surface area contributed by atoms with Gasteiger partial charge in [0.25, 0.3) is 0 Å². The summed E-state index contributed by atoms with van der Waals surface area (Å²) < 4.78 is 14.2. The quantitative estimate of drug-likeness (QED) is 0.612. The molecule has 0 amide bonds. The highest BCUT2D eigenvalue weighted by molar-refractivity contribution is 5.02. The van der Waals surface area contributed by atoms with Crippen LogP contribution in [0.3, 0.4) is 0 Å². The van der Waals surface area contributed by atoms with E-state index in [0.717, 1.165) is 31.6 Å². The Hall–Kier alpha value is -0.110. The first-order valence-electron chi connectivity index (χ1n) is 5.53. The topological polar surface area (TPSA) is 20.2 Å². The molecule has 0 aliphatic heterocycles. The third-order valence-corrected chi connectivity index (χ3v) is 4.49. The number of hydrogen-bond acceptors (Lipinski definition) is 1. The van der Waals surface area contributed by atoms with Crippen LogP contribution in [0.4, 0.5) is 4.39 Å². The van der Waals surface area contributed by atoms with E-state index in [4.69, 9.17) is 0 Å². The van der Waals surface area contributed by atoms with Gasteiger partial charge in [0.2, 0.25) is 0 Å². The lowest BCUT2D eigenvalue weighted by Crippen LogP contribution is -2.46. The minimum absolute atomic E-state index is 0.182. The van der Waals surface area contributed by atoms with Crippen LogP contribution >= 0.6 is 0 Å². The van der Waals surface area contributed by atoms with Gasteiger partial charge in [-0.3, -0.25) is 0 Å². The van der Waals surface area contributed by atoms with Gasteiger partial charge in [-0.05, 0) is 56.3 Å². The third-order valence-electron chi connectivity index (χ3n) is 4.49. The smallest absolute Gasteiger partial charge is 0.111 e. The molecule has 0 heterocycles. The summed E-state index contributed by atoms with van der Waals surface area (Å²) >= 11 is 0. The Morgan fingerprint density at radius 1 is 1.15 bits per heavy atom. The number of aliphatic hydroxyl groups is 1. The highest BCUT2D eigenvalue weighted by Crippen LogP contribution is 2.54. The molecule has 2 atom stereocenters. The molecule has 0 saturated heterocycles. The number of alkyl halides is 1. The van der Waals surface area contributed by atoms with E-state index in [1.54, 1.807) is 0 Å². The minimum atomic E-state index is -0.903. The van der Waals surface area contributed by atoms with Crippen molar-refractivity contribution in [1.82, 2.24) is 0 Å². The monoisotopic (exact) mass is 184 g/mol. The molecule has 74 valence electrons. The summed E-state index contributed by atoms with van der Waals surface area (Å²) in [4.78, 5) is 0. The van der Waals surface area contributed by atoms with Gasteiger partial charge in [0.15, 0.2) is 0 Å². The largest absolute Gasteiger partial charge is 0.393 e. The second-order valence-electron chi connectivity index (χ2n) is 5.45. The molecule has 0 spiro atoms. The molecule has 0 radical (unpaired) electrons. The normalized spacial score (nSPS) is 59.5. The number of hydrogen-bond donors (Lipinski definition) is 1. The maximum Gasteiger partial charge on any atom is 0.111 e. The molecule has 4 aliphatic carbocycles. The molecule has 1 nitrogen and oxygen atoms in total. The van der Waals surface area contributed by atoms with Gasteiger partial charge >= 0.3 is 0 Å². The summed E-state index contributed by atoms with van der Waals surface area (Å²) in [5.74, 6) is 1.29. The SMILES string of the molecule is OC1[C@@H]2CC3CCC(F)(C2)C[C@H]1C3. The molecule has 13 heavy (non-hydrogen) atoms. The Bertz CT molecular complexity index is 212. The van der Waals surface area contributed by atoms with Crippen LogP contribution in [0, 0.1) is 17.8 Å². The van der Waals surface area contributed by atoms with Crippen LogP contribution in [0.15, 0.2) is 0 Å². The zero-order chi connectivity index (χ0) is 9.05. The molecule has 4 saturated carbocycles. The fraction of sp³-hybridized carbons (Fsp3) is 1.00. The Morgan fingerprint density at radius 3 is 2.38 bits per heavy atom. The zero-order valence-corrected chi connectivity index (χ0v) is 7.88. The molecule has 0 aromatic heterocycles. The number of aliphatic hydroxyl groups excluding tert-OH is 1. The van der Waals surface area contributed by atoms with Gasteiger partial charge in [-0.25, -0.2) is 4.39 Å². The van der Waals surface area contributed by atoms with Crippen LogP contribution in [-0.4, -0.2) is 16.9 Å². The second-order valence-corrected chi connectivity index (χ2v) is 5.45. The van der Waals surface area contributed by atoms with E-state index < -0.39 is 5.67 Å². The first-order chi connectivity index (χ1) is 6.16. The first-order valence-corrected chi connectivity index (χ1v) is 5.53. The molecule has 0 aromatic carbocycles. The number of fused-ring (bicyclic) bond motifs is 1. The highest BCUT2D eigenvalue weighted by atomic mass is 19.1. The van der Waals surface area contributed by atoms with Crippen LogP contribution in [0.2, 0.25) is 0 Å². The Kier molecular flexibility index (Phi) is 1.56. The summed E-state index contributed by atoms with van der Waals surface area (Å²) in [6.07, 6.45) is 5.10. The van der Waals surface area contributed by atoms with Crippen molar-refractivity contribution >= 4 is 0 Å². The predicted molar refractivity (Wildman–Crippen MR) is 48.0 cm³/mol. The molecule has 0 aromatic rings. The predicted octanol–water partition coefficient (Wildman–Crippen LogP) is 2.29. The van der Waals surface area contributed by atoms with Crippen molar-refractivity contribution in [2.24, 2.45) is 17.8 Å². The summed E-state index contributed by atoms with van der Waals surface area (Å²) in [6, 6.07) is 0. The molecule has 0 unspecified atom stereocenters. The van der Waals surface area contributed by atoms with Gasteiger partial charge in [0.1, 0.15) is 5.67 Å². The Balaban J connectivity index is 1.96. The molecule has 4 rings (SSSR count). The third kappa shape index (κ3) is 1.14. The zero-order valence-electron chi connectivity index (χ0n) is 7.88. The average Bonchev–Trinajstić information content (AvgIpc) is 2.26. The van der Waals surface area contributed by atoms with Crippen molar-refractivity contribution in [2.45, 2.75) is 50.3 Å². The van der Waals surface area contributed by atoms with Crippen LogP contribution in [0.25, 0.3) is 0 Å². The summed E-state index contributed by atoms with van der Waals surface area (Å²) in [5, 5.41) is 9.90. The van der Waals surface area contributed by atoms with Crippen molar-refractivity contribution < 1.29 is 9.50 Å². The van der Waals surface area contributed by atoms with E-state index in [2.05, 4.69) is 0 Å². The van der Waals surface area contributed by atoms with Gasteiger partial charge in [-0.2, -0.15) is 0 Å². The molecular formula is C11H17FO. The Morgan fingerprint density at radius 2 is 1.77 bits per heavy atom. The average molecular weight is 184 g/mol. The van der Waals surface area contributed by atoms with Crippen LogP contribution in [0.5, 0.6) is 0 Å². The van der Waals surface area contributed by atoms with E-state index in [-0.39, 0.29) is 17.9 Å². The lowest BCUT2D eigenvalue weighted by atomic mass is 9.65. The van der Waals surface area contributed by atoms with Crippen LogP contribution in [0.1, 0.15) is 38.5 Å². The molecule has 4 bridgehead atoms. The van der Waals surface area contributed by atoms with Crippen LogP contribution < -0.4 is 0 Å². The van der Waals surface area contributed by atoms with Crippen molar-refractivity contribution in [3.8, 4) is 0 Å². The first kappa shape index (κ1) is 8.22. The fourth-order valence-electron chi connectivity index (χ4n) is 3.95. The maximum atomic E-state index is 14.2. The summed E-state index contributed by atoms with van der Waals surface area (Å²) in [6.45, 7) is 0. The summed E-state index contributed by atoms with van der Waals surface area (Å²) in [5.41, 5.74) is -0.903. The standard InChI is InChI=1S/C11H17FO/c12-11-2-1-7-3-8(5-11)10(13)9(4-7)6-11/h7-10,13H,1-6H2/t7?,8-,9-,10?,11?/m1/s1. The van der Waals surface area contributed by atoms with Crippen molar-refractivity contribution in [3.05, 3.63) is 0 Å². The van der Waals surface area contributed by atoms with Gasteiger partial charge in [-0.15, -0.1) is 0 Å². The lowest BCUT2D eigenvalue weighted by molar-refractivity contribution is -0.0742. The van der Waals surface area contributed by atoms with E-state index in [1.807, 2.05) is 0 Å². The van der Waals surface area contributed by atoms with E-state index >= 15 is 0 Å². The Labute approximate surface area is 78.3 Å². The van der Waals surface area contributed by atoms with Crippen molar-refractivity contribution in [1.29, 1.82) is 0 Å². The minimum Gasteiger partial charge on any atom is -0.393 e. The summed E-state index contributed by atoms with van der Waals surface area (Å²) in [7, 11) is 0. The van der Waals surface area contributed by atoms with Gasteiger partial charge < -0.3 is 5.11 Å². The van der Waals surface area contributed by atoms with E-state index in [0.29, 0.717) is 12.8 Å². The number of halogens is 1. The number of rotatable bonds is 0. The lowest BCUT2D eigenvalue weighted by Gasteiger charge is -2.45. The molecule has 2 heteroatoms. The van der Waals surface area contributed by atoms with E-state index in [9.17, 15) is 9.50 Å². The van der Waals surface area contributed by atoms with Crippen LogP contribution in [-0.2, 0) is 0 Å². The maximum absolute atomic E-state index is 14.2. The van der Waals surface area contributed by atoms with E-state index in [1.165, 1.54) is 0 Å². The van der Waals surface area contributed by atoms with Gasteiger partial charge in [0.05, 0.1) is 6.10 Å². The van der Waals surface area contributed by atoms with Gasteiger partial charge in [0, 0.05) is 0 Å². The fourth-order valence-corrected chi connectivity index (χ4v) is 3.95. The molecule has 4 fully saturated rings. The molecule has 4 aliphatic rings. The highest BCUT2D eigenvalue weighted by Gasteiger charge is 2.52. The molecular weight excluding hydrogens is 167 g/mol. The van der Waals surface area contributed by atoms with Gasteiger partial charge in [-0.1, -0.05) is 0 Å². The second kappa shape index (κ2) is 2.47.